The lowest BCUT2D eigenvalue weighted by atomic mass is 10.1. The van der Waals surface area contributed by atoms with E-state index in [0.29, 0.717) is 27.7 Å². The molecule has 0 spiro atoms. The van der Waals surface area contributed by atoms with Gasteiger partial charge in [0.25, 0.3) is 5.56 Å². The molecule has 0 aliphatic heterocycles. The Labute approximate surface area is 167 Å². The van der Waals surface area contributed by atoms with E-state index < -0.39 is 12.7 Å². The summed E-state index contributed by atoms with van der Waals surface area (Å²) in [6.45, 7) is 0.539. The van der Waals surface area contributed by atoms with Crippen LogP contribution in [0.25, 0.3) is 27.8 Å². The van der Waals surface area contributed by atoms with Crippen LogP contribution in [-0.4, -0.2) is 42.7 Å². The van der Waals surface area contributed by atoms with Crippen LogP contribution in [0.2, 0.25) is 0 Å². The Bertz CT molecular complexity index is 1300. The fourth-order valence-corrected chi connectivity index (χ4v) is 3.24. The zero-order valence-corrected chi connectivity index (χ0v) is 15.9. The standard InChI is InChI=1S/C19H16F3N5O3/c1-10-3-13(11-4-15(30-2)17(28)23-5-11)25-14-8-27(18(29)16(10)14)12-6-24-26(7-12)9-19(20,21)22/h3-8,29H,9H2,1-2H3,(H,23,28). The van der Waals surface area contributed by atoms with E-state index in [9.17, 15) is 23.1 Å². The Hall–Kier alpha value is -3.76. The van der Waals surface area contributed by atoms with Crippen LogP contribution in [0, 0.1) is 6.92 Å². The van der Waals surface area contributed by atoms with Crippen molar-refractivity contribution in [2.75, 3.05) is 7.11 Å². The van der Waals surface area contributed by atoms with Crippen molar-refractivity contribution in [2.45, 2.75) is 19.6 Å². The highest BCUT2D eigenvalue weighted by Gasteiger charge is 2.28. The average Bonchev–Trinajstić information content (AvgIpc) is 3.25. The average molecular weight is 419 g/mol. The topological polar surface area (TPSA) is 98.0 Å². The molecule has 0 saturated heterocycles. The molecule has 0 aliphatic carbocycles. The lowest BCUT2D eigenvalue weighted by Gasteiger charge is -2.06. The minimum Gasteiger partial charge on any atom is -0.494 e. The largest absolute Gasteiger partial charge is 0.494 e. The number of aryl methyl sites for hydroxylation is 1. The smallest absolute Gasteiger partial charge is 0.408 e. The van der Waals surface area contributed by atoms with Gasteiger partial charge in [0.15, 0.2) is 5.75 Å². The van der Waals surface area contributed by atoms with Gasteiger partial charge in [-0.25, -0.2) is 4.98 Å². The third-order valence-electron chi connectivity index (χ3n) is 4.57. The van der Waals surface area contributed by atoms with E-state index in [-0.39, 0.29) is 22.9 Å². The zero-order valence-electron chi connectivity index (χ0n) is 15.9. The number of hydrogen-bond donors (Lipinski definition) is 2. The molecule has 0 aliphatic rings. The maximum atomic E-state index is 12.6. The number of alkyl halides is 3. The second kappa shape index (κ2) is 6.94. The number of nitrogens with zero attached hydrogens (tertiary/aromatic N) is 4. The first-order valence-corrected chi connectivity index (χ1v) is 8.74. The Morgan fingerprint density at radius 2 is 2.03 bits per heavy atom. The molecule has 11 heteroatoms. The molecule has 4 aromatic rings. The van der Waals surface area contributed by atoms with Crippen LogP contribution in [0.4, 0.5) is 13.2 Å². The van der Waals surface area contributed by atoms with Gasteiger partial charge >= 0.3 is 6.18 Å². The van der Waals surface area contributed by atoms with Crippen molar-refractivity contribution in [2.24, 2.45) is 0 Å². The number of aromatic hydroxyl groups is 1. The Balaban J connectivity index is 1.79. The Morgan fingerprint density at radius 1 is 1.27 bits per heavy atom. The van der Waals surface area contributed by atoms with Crippen LogP contribution in [0.5, 0.6) is 11.6 Å². The number of aromatic amines is 1. The van der Waals surface area contributed by atoms with Crippen molar-refractivity contribution in [3.63, 3.8) is 0 Å². The van der Waals surface area contributed by atoms with Crippen LogP contribution >= 0.6 is 0 Å². The maximum absolute atomic E-state index is 12.6. The van der Waals surface area contributed by atoms with E-state index in [1.54, 1.807) is 19.1 Å². The molecule has 4 aromatic heterocycles. The quantitative estimate of drug-likeness (QED) is 0.530. The van der Waals surface area contributed by atoms with Gasteiger partial charge in [-0.15, -0.1) is 0 Å². The van der Waals surface area contributed by atoms with Gasteiger partial charge in [-0.05, 0) is 24.6 Å². The molecule has 2 N–H and O–H groups in total. The highest BCUT2D eigenvalue weighted by Crippen LogP contribution is 2.34. The summed E-state index contributed by atoms with van der Waals surface area (Å²) in [6.07, 6.45) is 1.02. The highest BCUT2D eigenvalue weighted by molar-refractivity contribution is 5.90. The first-order valence-electron chi connectivity index (χ1n) is 8.74. The number of H-pyrrole nitrogens is 1. The van der Waals surface area contributed by atoms with Gasteiger partial charge in [0.1, 0.15) is 6.54 Å². The number of methoxy groups -OCH3 is 1. The molecule has 0 fully saturated rings. The zero-order chi connectivity index (χ0) is 21.6. The highest BCUT2D eigenvalue weighted by atomic mass is 19.4. The monoisotopic (exact) mass is 419 g/mol. The van der Waals surface area contributed by atoms with Gasteiger partial charge in [0.2, 0.25) is 5.88 Å². The second-order valence-corrected chi connectivity index (χ2v) is 6.70. The molecular weight excluding hydrogens is 403 g/mol. The van der Waals surface area contributed by atoms with Crippen LogP contribution in [0.1, 0.15) is 5.56 Å². The third-order valence-corrected chi connectivity index (χ3v) is 4.57. The fraction of sp³-hybridized carbons (Fsp3) is 0.211. The predicted molar refractivity (Wildman–Crippen MR) is 102 cm³/mol. The molecule has 0 aromatic carbocycles. The van der Waals surface area contributed by atoms with E-state index in [1.807, 2.05) is 0 Å². The fourth-order valence-electron chi connectivity index (χ4n) is 3.24. The SMILES string of the molecule is COc1cc(-c2cc(C)c3c(O)n(-c4cnn(CC(F)(F)F)c4)cc3n2)c[nH]c1=O. The summed E-state index contributed by atoms with van der Waals surface area (Å²) < 4.78 is 44.8. The van der Waals surface area contributed by atoms with Gasteiger partial charge in [-0.1, -0.05) is 0 Å². The molecule has 0 unspecified atom stereocenters. The number of rotatable bonds is 4. The summed E-state index contributed by atoms with van der Waals surface area (Å²) in [5.41, 5.74) is 2.14. The second-order valence-electron chi connectivity index (χ2n) is 6.70. The number of ether oxygens (including phenoxy) is 1. The van der Waals surface area contributed by atoms with Gasteiger partial charge in [-0.3, -0.25) is 14.0 Å². The molecule has 30 heavy (non-hydrogen) atoms. The molecule has 4 heterocycles. The van der Waals surface area contributed by atoms with E-state index in [1.165, 1.54) is 36.5 Å². The van der Waals surface area contributed by atoms with Crippen molar-refractivity contribution in [3.8, 4) is 28.6 Å². The summed E-state index contributed by atoms with van der Waals surface area (Å²) >= 11 is 0. The van der Waals surface area contributed by atoms with E-state index in [2.05, 4.69) is 15.1 Å². The normalized spacial score (nSPS) is 11.9. The number of fused-ring (bicyclic) bond motifs is 1. The van der Waals surface area contributed by atoms with Gasteiger partial charge in [-0.2, -0.15) is 18.3 Å². The van der Waals surface area contributed by atoms with E-state index >= 15 is 0 Å². The number of halogens is 3. The lowest BCUT2D eigenvalue weighted by molar-refractivity contribution is -0.142. The van der Waals surface area contributed by atoms with Crippen molar-refractivity contribution in [3.05, 3.63) is 52.8 Å². The number of pyridine rings is 2. The first-order chi connectivity index (χ1) is 14.2. The maximum Gasteiger partial charge on any atom is 0.408 e. The third kappa shape index (κ3) is 3.49. The van der Waals surface area contributed by atoms with Gasteiger partial charge in [0, 0.05) is 24.2 Å². The minimum absolute atomic E-state index is 0.129. The van der Waals surface area contributed by atoms with Gasteiger partial charge < -0.3 is 14.8 Å². The number of hydrogen-bond acceptors (Lipinski definition) is 5. The lowest BCUT2D eigenvalue weighted by Crippen LogP contribution is -2.17. The first kappa shape index (κ1) is 19.6. The molecule has 0 amide bonds. The summed E-state index contributed by atoms with van der Waals surface area (Å²) in [6, 6.07) is 3.27. The minimum atomic E-state index is -4.41. The van der Waals surface area contributed by atoms with Gasteiger partial charge in [0.05, 0.1) is 35.6 Å². The van der Waals surface area contributed by atoms with E-state index in [4.69, 9.17) is 4.74 Å². The van der Waals surface area contributed by atoms with E-state index in [0.717, 1.165) is 4.68 Å². The molecule has 0 bridgehead atoms. The van der Waals surface area contributed by atoms with Crippen LogP contribution in [-0.2, 0) is 6.54 Å². The number of aromatic nitrogens is 5. The van der Waals surface area contributed by atoms with Crippen molar-refractivity contribution >= 4 is 10.9 Å². The van der Waals surface area contributed by atoms with Crippen molar-refractivity contribution in [1.82, 2.24) is 24.3 Å². The molecule has 8 nitrogen and oxygen atoms in total. The molecule has 156 valence electrons. The van der Waals surface area contributed by atoms with Crippen LogP contribution < -0.4 is 10.3 Å². The van der Waals surface area contributed by atoms with Crippen molar-refractivity contribution < 1.29 is 23.0 Å². The molecule has 0 radical (unpaired) electrons. The summed E-state index contributed by atoms with van der Waals surface area (Å²) in [4.78, 5) is 18.8. The summed E-state index contributed by atoms with van der Waals surface area (Å²) in [5.74, 6) is -0.0308. The Morgan fingerprint density at radius 3 is 2.73 bits per heavy atom. The molecule has 0 atom stereocenters. The summed E-state index contributed by atoms with van der Waals surface area (Å²) in [7, 11) is 1.38. The molecule has 0 saturated carbocycles. The summed E-state index contributed by atoms with van der Waals surface area (Å²) in [5, 5.41) is 14.8. The molecule has 4 rings (SSSR count). The van der Waals surface area contributed by atoms with Crippen molar-refractivity contribution in [1.29, 1.82) is 0 Å². The Kier molecular flexibility index (Phi) is 4.52. The number of nitrogens with one attached hydrogen (secondary N) is 1. The van der Waals surface area contributed by atoms with Crippen LogP contribution in [0.3, 0.4) is 0 Å². The van der Waals surface area contributed by atoms with Crippen LogP contribution in [0.15, 0.2) is 41.7 Å². The predicted octanol–water partition coefficient (Wildman–Crippen LogP) is 3.16. The molecular formula is C19H16F3N5O3.